The summed E-state index contributed by atoms with van der Waals surface area (Å²) in [6.45, 7) is 3.88. The Hall–Kier alpha value is -3.13. The highest BCUT2D eigenvalue weighted by molar-refractivity contribution is 7.92. The Balaban J connectivity index is 1.75. The van der Waals surface area contributed by atoms with E-state index < -0.39 is 10.0 Å². The molecular formula is C19H20N4O3S. The number of benzene rings is 2. The third-order valence-electron chi connectivity index (χ3n) is 4.14. The van der Waals surface area contributed by atoms with Crippen LogP contribution in [0.15, 0.2) is 59.6 Å². The Morgan fingerprint density at radius 3 is 2.30 bits per heavy atom. The molecule has 1 heterocycles. The minimum absolute atomic E-state index is 0.0788. The van der Waals surface area contributed by atoms with Crippen LogP contribution in [-0.4, -0.2) is 24.1 Å². The highest BCUT2D eigenvalue weighted by atomic mass is 32.2. The van der Waals surface area contributed by atoms with Gasteiger partial charge in [-0.2, -0.15) is 5.10 Å². The van der Waals surface area contributed by atoms with E-state index in [9.17, 15) is 13.2 Å². The van der Waals surface area contributed by atoms with E-state index in [4.69, 9.17) is 0 Å². The first-order valence-electron chi connectivity index (χ1n) is 8.26. The Morgan fingerprint density at radius 1 is 1.00 bits per heavy atom. The van der Waals surface area contributed by atoms with Crippen molar-refractivity contribution in [1.82, 2.24) is 9.78 Å². The predicted octanol–water partition coefficient (Wildman–Crippen LogP) is 3.09. The average molecular weight is 384 g/mol. The maximum Gasteiger partial charge on any atom is 0.261 e. The summed E-state index contributed by atoms with van der Waals surface area (Å²) in [5, 5.41) is 6.72. The third-order valence-corrected chi connectivity index (χ3v) is 5.54. The van der Waals surface area contributed by atoms with Crippen LogP contribution in [0.5, 0.6) is 0 Å². The molecular weight excluding hydrogens is 364 g/mol. The summed E-state index contributed by atoms with van der Waals surface area (Å²) in [5.74, 6) is 0.0652. The molecule has 1 amide bonds. The van der Waals surface area contributed by atoms with Crippen molar-refractivity contribution in [2.75, 3.05) is 10.0 Å². The van der Waals surface area contributed by atoms with Crippen LogP contribution in [0.25, 0.3) is 0 Å². The number of aromatic nitrogens is 2. The molecule has 0 aliphatic carbocycles. The lowest BCUT2D eigenvalue weighted by atomic mass is 10.1. The van der Waals surface area contributed by atoms with Gasteiger partial charge in [0.25, 0.3) is 15.9 Å². The van der Waals surface area contributed by atoms with Crippen molar-refractivity contribution >= 4 is 27.4 Å². The zero-order valence-corrected chi connectivity index (χ0v) is 16.0. The largest absolute Gasteiger partial charge is 0.305 e. The maximum atomic E-state index is 12.5. The van der Waals surface area contributed by atoms with Crippen molar-refractivity contribution in [3.05, 3.63) is 71.4 Å². The van der Waals surface area contributed by atoms with Crippen molar-refractivity contribution in [2.45, 2.75) is 18.7 Å². The molecule has 0 radical (unpaired) electrons. The van der Waals surface area contributed by atoms with Crippen LogP contribution in [0, 0.1) is 13.8 Å². The van der Waals surface area contributed by atoms with E-state index in [1.807, 2.05) is 19.9 Å². The van der Waals surface area contributed by atoms with E-state index in [0.29, 0.717) is 17.1 Å². The quantitative estimate of drug-likeness (QED) is 0.707. The number of rotatable bonds is 5. The summed E-state index contributed by atoms with van der Waals surface area (Å²) in [6.07, 6.45) is 1.71. The van der Waals surface area contributed by atoms with Crippen molar-refractivity contribution in [1.29, 1.82) is 0 Å². The highest BCUT2D eigenvalue weighted by Gasteiger charge is 2.16. The topological polar surface area (TPSA) is 93.1 Å². The summed E-state index contributed by atoms with van der Waals surface area (Å²) in [4.78, 5) is 12.3. The fourth-order valence-corrected chi connectivity index (χ4v) is 3.52. The molecule has 2 aromatic carbocycles. The Morgan fingerprint density at radius 2 is 1.70 bits per heavy atom. The monoisotopic (exact) mass is 384 g/mol. The van der Waals surface area contributed by atoms with Gasteiger partial charge in [-0.1, -0.05) is 6.07 Å². The number of carbonyl (C=O) groups is 1. The number of nitrogens with one attached hydrogen (secondary N) is 2. The van der Waals surface area contributed by atoms with Crippen molar-refractivity contribution in [3.63, 3.8) is 0 Å². The number of hydrogen-bond acceptors (Lipinski definition) is 4. The number of anilines is 2. The zero-order valence-electron chi connectivity index (χ0n) is 15.2. The smallest absolute Gasteiger partial charge is 0.261 e. The van der Waals surface area contributed by atoms with Gasteiger partial charge in [-0.3, -0.25) is 14.2 Å². The Bertz CT molecular complexity index is 1090. The van der Waals surface area contributed by atoms with Gasteiger partial charge < -0.3 is 5.32 Å². The van der Waals surface area contributed by atoms with E-state index in [1.54, 1.807) is 36.1 Å². The van der Waals surface area contributed by atoms with Crippen LogP contribution in [0.3, 0.4) is 0 Å². The van der Waals surface area contributed by atoms with Gasteiger partial charge in [0.1, 0.15) is 0 Å². The second-order valence-electron chi connectivity index (χ2n) is 6.26. The second-order valence-corrected chi connectivity index (χ2v) is 7.94. The molecule has 140 valence electrons. The van der Waals surface area contributed by atoms with E-state index in [2.05, 4.69) is 15.1 Å². The molecule has 0 saturated heterocycles. The minimum atomic E-state index is -3.74. The first-order chi connectivity index (χ1) is 12.7. The average Bonchev–Trinajstić information content (AvgIpc) is 3.03. The minimum Gasteiger partial charge on any atom is -0.305 e. The first kappa shape index (κ1) is 18.7. The van der Waals surface area contributed by atoms with Gasteiger partial charge in [-0.15, -0.1) is 0 Å². The number of sulfonamides is 1. The van der Waals surface area contributed by atoms with Crippen LogP contribution in [0.4, 0.5) is 11.5 Å². The second kappa shape index (κ2) is 7.24. The van der Waals surface area contributed by atoms with Gasteiger partial charge >= 0.3 is 0 Å². The molecule has 7 nitrogen and oxygen atoms in total. The van der Waals surface area contributed by atoms with E-state index in [-0.39, 0.29) is 10.8 Å². The maximum absolute atomic E-state index is 12.5. The summed E-state index contributed by atoms with van der Waals surface area (Å²) in [6, 6.07) is 12.8. The van der Waals surface area contributed by atoms with Gasteiger partial charge in [0.2, 0.25) is 0 Å². The van der Waals surface area contributed by atoms with Crippen molar-refractivity contribution < 1.29 is 13.2 Å². The highest BCUT2D eigenvalue weighted by Crippen LogP contribution is 2.19. The molecule has 27 heavy (non-hydrogen) atoms. The lowest BCUT2D eigenvalue weighted by Gasteiger charge is -2.10. The van der Waals surface area contributed by atoms with Crippen molar-refractivity contribution in [3.8, 4) is 0 Å². The van der Waals surface area contributed by atoms with Crippen LogP contribution < -0.4 is 10.0 Å². The van der Waals surface area contributed by atoms with Gasteiger partial charge in [0.15, 0.2) is 5.82 Å². The Kier molecular flexibility index (Phi) is 5.00. The summed E-state index contributed by atoms with van der Waals surface area (Å²) >= 11 is 0. The number of carbonyl (C=O) groups excluding carboxylic acids is 1. The molecule has 0 aliphatic rings. The molecule has 2 N–H and O–H groups in total. The van der Waals surface area contributed by atoms with Gasteiger partial charge in [0.05, 0.1) is 4.90 Å². The molecule has 0 unspecified atom stereocenters. The molecule has 0 aliphatic heterocycles. The molecule has 0 fully saturated rings. The van der Waals surface area contributed by atoms with Crippen LogP contribution in [0.2, 0.25) is 0 Å². The third kappa shape index (κ3) is 4.35. The summed E-state index contributed by atoms with van der Waals surface area (Å²) in [7, 11) is -1.99. The Labute approximate surface area is 158 Å². The van der Waals surface area contributed by atoms with Crippen molar-refractivity contribution in [2.24, 2.45) is 7.05 Å². The molecule has 3 rings (SSSR count). The summed E-state index contributed by atoms with van der Waals surface area (Å²) < 4.78 is 29.2. The number of amides is 1. The van der Waals surface area contributed by atoms with Gasteiger partial charge in [-0.05, 0) is 61.4 Å². The standard InChI is InChI=1S/C19H20N4O3S/c1-13-4-7-16(12-14(13)2)22-27(25,26)17-8-5-15(6-9-17)19(24)20-18-10-11-23(3)21-18/h4-12,22H,1-3H3,(H,20,21,24). The zero-order chi connectivity index (χ0) is 19.6. The first-order valence-corrected chi connectivity index (χ1v) is 9.74. The number of aryl methyl sites for hydroxylation is 3. The molecule has 3 aromatic rings. The van der Waals surface area contributed by atoms with Crippen LogP contribution in [0.1, 0.15) is 21.5 Å². The molecule has 1 aromatic heterocycles. The van der Waals surface area contributed by atoms with Gasteiger partial charge in [0, 0.05) is 30.6 Å². The lowest BCUT2D eigenvalue weighted by molar-refractivity contribution is 0.102. The molecule has 0 saturated carbocycles. The summed E-state index contributed by atoms with van der Waals surface area (Å²) in [5.41, 5.74) is 2.92. The molecule has 0 atom stereocenters. The predicted molar refractivity (Wildman–Crippen MR) is 104 cm³/mol. The normalized spacial score (nSPS) is 11.2. The van der Waals surface area contributed by atoms with E-state index in [1.165, 1.54) is 24.3 Å². The molecule has 8 heteroatoms. The van der Waals surface area contributed by atoms with E-state index >= 15 is 0 Å². The van der Waals surface area contributed by atoms with E-state index in [0.717, 1.165) is 11.1 Å². The number of hydrogen-bond donors (Lipinski definition) is 2. The number of nitrogens with zero attached hydrogens (tertiary/aromatic N) is 2. The fourth-order valence-electron chi connectivity index (χ4n) is 2.47. The van der Waals surface area contributed by atoms with Crippen LogP contribution >= 0.6 is 0 Å². The molecule has 0 spiro atoms. The van der Waals surface area contributed by atoms with Crippen LogP contribution in [-0.2, 0) is 17.1 Å². The fraction of sp³-hybridized carbons (Fsp3) is 0.158. The van der Waals surface area contributed by atoms with Gasteiger partial charge in [-0.25, -0.2) is 8.42 Å². The lowest BCUT2D eigenvalue weighted by Crippen LogP contribution is -2.15. The molecule has 0 bridgehead atoms. The SMILES string of the molecule is Cc1ccc(NS(=O)(=O)c2ccc(C(=O)Nc3ccn(C)n3)cc2)cc1C.